The first-order chi connectivity index (χ1) is 24.8. The van der Waals surface area contributed by atoms with E-state index >= 15 is 0 Å². The smallest absolute Gasteiger partial charge is 0.356 e. The Labute approximate surface area is 307 Å². The van der Waals surface area contributed by atoms with E-state index in [1.54, 1.807) is 12.3 Å². The van der Waals surface area contributed by atoms with Crippen molar-refractivity contribution in [1.29, 1.82) is 0 Å². The van der Waals surface area contributed by atoms with E-state index in [4.69, 9.17) is 9.47 Å². The highest BCUT2D eigenvalue weighted by molar-refractivity contribution is 5.86. The summed E-state index contributed by atoms with van der Waals surface area (Å²) in [5, 5.41) is 18.5. The second-order valence-corrected chi connectivity index (χ2v) is 14.0. The maximum atomic E-state index is 11.3. The molecule has 4 rings (SSSR count). The van der Waals surface area contributed by atoms with Crippen LogP contribution in [0, 0.1) is 11.8 Å². The van der Waals surface area contributed by atoms with Crippen molar-refractivity contribution in [1.82, 2.24) is 15.0 Å². The Balaban J connectivity index is 1.46. The van der Waals surface area contributed by atoms with E-state index in [0.717, 1.165) is 52.5 Å². The van der Waals surface area contributed by atoms with Gasteiger partial charge >= 0.3 is 11.9 Å². The largest absolute Gasteiger partial charge is 0.493 e. The first kappa shape index (κ1) is 39.6. The molecule has 2 heterocycles. The lowest BCUT2D eigenvalue weighted by Gasteiger charge is -2.26. The molecule has 0 saturated heterocycles. The number of benzene rings is 2. The van der Waals surface area contributed by atoms with Gasteiger partial charge in [-0.25, -0.2) is 24.5 Å². The van der Waals surface area contributed by atoms with Gasteiger partial charge in [-0.05, 0) is 85.8 Å². The van der Waals surface area contributed by atoms with Gasteiger partial charge in [0.05, 0.1) is 37.5 Å². The van der Waals surface area contributed by atoms with E-state index in [2.05, 4.69) is 91.7 Å². The number of carbonyl (C=O) groups is 2. The van der Waals surface area contributed by atoms with Crippen LogP contribution in [0.2, 0.25) is 0 Å². The van der Waals surface area contributed by atoms with Crippen LogP contribution < -0.4 is 19.3 Å². The Hall–Kier alpha value is -5.19. The molecule has 0 aliphatic heterocycles. The number of hydrogen-bond donors (Lipinski definition) is 2. The fraction of sp³-hybridized carbons (Fsp3) is 0.439. The molecule has 0 aliphatic carbocycles. The second kappa shape index (κ2) is 18.3. The molecule has 2 atom stereocenters. The van der Waals surface area contributed by atoms with Crippen LogP contribution in [0.15, 0.2) is 67.1 Å². The highest BCUT2D eigenvalue weighted by Crippen LogP contribution is 2.37. The lowest BCUT2D eigenvalue weighted by molar-refractivity contribution is 0.0679. The number of pyridine rings is 1. The van der Waals surface area contributed by atoms with Crippen molar-refractivity contribution in [2.75, 3.05) is 36.1 Å². The zero-order valence-electron chi connectivity index (χ0n) is 31.7. The molecule has 2 unspecified atom stereocenters. The van der Waals surface area contributed by atoms with Gasteiger partial charge in [-0.2, -0.15) is 0 Å². The third-order valence-electron chi connectivity index (χ3n) is 9.00. The van der Waals surface area contributed by atoms with Gasteiger partial charge in [0, 0.05) is 36.6 Å². The summed E-state index contributed by atoms with van der Waals surface area (Å²) in [6.45, 7) is 19.5. The first-order valence-corrected chi connectivity index (χ1v) is 18.2. The highest BCUT2D eigenvalue weighted by Gasteiger charge is 2.20. The number of rotatable bonds is 19. The lowest BCUT2D eigenvalue weighted by atomic mass is 9.91. The molecule has 0 fully saturated rings. The Morgan fingerprint density at radius 3 is 1.77 bits per heavy atom. The quantitative estimate of drug-likeness (QED) is 0.0962. The maximum Gasteiger partial charge on any atom is 0.356 e. The summed E-state index contributed by atoms with van der Waals surface area (Å²) in [5.74, 6) is 1.25. The maximum absolute atomic E-state index is 11.3. The summed E-state index contributed by atoms with van der Waals surface area (Å²) in [5.41, 5.74) is 4.86. The molecular formula is C41H53N5O6. The van der Waals surface area contributed by atoms with Crippen LogP contribution in [0.3, 0.4) is 0 Å². The average Bonchev–Trinajstić information content (AvgIpc) is 3.13. The summed E-state index contributed by atoms with van der Waals surface area (Å²) in [6.07, 6.45) is 6.26. The summed E-state index contributed by atoms with van der Waals surface area (Å²) in [4.78, 5) is 39.2. The Bertz CT molecular complexity index is 1780. The van der Waals surface area contributed by atoms with E-state index in [9.17, 15) is 19.8 Å². The number of aromatic carboxylic acids is 2. The van der Waals surface area contributed by atoms with Crippen molar-refractivity contribution < 1.29 is 29.3 Å². The van der Waals surface area contributed by atoms with E-state index in [1.807, 2.05) is 24.8 Å². The van der Waals surface area contributed by atoms with Gasteiger partial charge in [-0.3, -0.25) is 0 Å². The molecule has 0 amide bonds. The van der Waals surface area contributed by atoms with Gasteiger partial charge in [0.25, 0.3) is 0 Å². The minimum Gasteiger partial charge on any atom is -0.493 e. The molecule has 278 valence electrons. The SMILES string of the molecule is CCN(c1ccc(C(=O)O)nc1)c1ccc(C(C)C)c(OCC(C)CCC(C)c2ccc(N(CC)c3cnc(C(=O)O)cn3)cc2OCC(C)C)c1. The minimum atomic E-state index is -1.11. The topological polar surface area (TPSA) is 138 Å². The van der Waals surface area contributed by atoms with Gasteiger partial charge in [-0.1, -0.05) is 53.7 Å². The van der Waals surface area contributed by atoms with Crippen molar-refractivity contribution in [3.05, 3.63) is 89.6 Å². The fourth-order valence-electron chi connectivity index (χ4n) is 6.01. The van der Waals surface area contributed by atoms with Gasteiger partial charge in [0.1, 0.15) is 17.2 Å². The molecule has 0 spiro atoms. The van der Waals surface area contributed by atoms with Crippen LogP contribution >= 0.6 is 0 Å². The molecule has 0 radical (unpaired) electrons. The third kappa shape index (κ3) is 10.2. The van der Waals surface area contributed by atoms with Gasteiger partial charge in [0.15, 0.2) is 11.5 Å². The first-order valence-electron chi connectivity index (χ1n) is 18.2. The predicted molar refractivity (Wildman–Crippen MR) is 205 cm³/mol. The summed E-state index contributed by atoms with van der Waals surface area (Å²) in [7, 11) is 0. The molecule has 0 aliphatic rings. The van der Waals surface area contributed by atoms with Crippen molar-refractivity contribution in [2.45, 2.75) is 80.1 Å². The van der Waals surface area contributed by atoms with E-state index in [-0.39, 0.29) is 23.2 Å². The molecule has 0 bridgehead atoms. The summed E-state index contributed by atoms with van der Waals surface area (Å²) >= 11 is 0. The predicted octanol–water partition coefficient (Wildman–Crippen LogP) is 9.34. The molecule has 4 aromatic rings. The average molecular weight is 712 g/mol. The molecule has 11 nitrogen and oxygen atoms in total. The van der Waals surface area contributed by atoms with Crippen LogP contribution in [0.4, 0.5) is 22.9 Å². The van der Waals surface area contributed by atoms with Gasteiger partial charge in [0.2, 0.25) is 0 Å². The zero-order chi connectivity index (χ0) is 37.9. The standard InChI is InChI=1S/C41H53N5O6/c1-9-45(32-15-18-35(40(47)48)42-21-32)30-13-16-33(27(5)6)37(19-30)52-25-28(7)11-12-29(8)34-17-14-31(20-38(34)51-24-26(3)4)46(10-2)39-23-43-36(22-44-39)41(49)50/h13-23,26-29H,9-12,24-25H2,1-8H3,(H,47,48)(H,49,50). The number of aromatic nitrogens is 3. The van der Waals surface area contributed by atoms with Gasteiger partial charge < -0.3 is 29.5 Å². The highest BCUT2D eigenvalue weighted by atomic mass is 16.5. The normalized spacial score (nSPS) is 12.4. The minimum absolute atomic E-state index is 0.0131. The van der Waals surface area contributed by atoms with Crippen molar-refractivity contribution in [3.63, 3.8) is 0 Å². The van der Waals surface area contributed by atoms with Crippen LogP contribution in [0.25, 0.3) is 0 Å². The number of anilines is 4. The fourth-order valence-corrected chi connectivity index (χ4v) is 6.01. The van der Waals surface area contributed by atoms with E-state index < -0.39 is 11.9 Å². The molecular weight excluding hydrogens is 658 g/mol. The second-order valence-electron chi connectivity index (χ2n) is 14.0. The van der Waals surface area contributed by atoms with Crippen molar-refractivity contribution in [3.8, 4) is 11.5 Å². The third-order valence-corrected chi connectivity index (χ3v) is 9.00. The molecule has 0 saturated carbocycles. The molecule has 2 aromatic heterocycles. The van der Waals surface area contributed by atoms with Crippen LogP contribution in [-0.4, -0.2) is 63.4 Å². The van der Waals surface area contributed by atoms with E-state index in [1.165, 1.54) is 18.5 Å². The Morgan fingerprint density at radius 1 is 0.654 bits per heavy atom. The zero-order valence-corrected chi connectivity index (χ0v) is 31.7. The van der Waals surface area contributed by atoms with Crippen molar-refractivity contribution in [2.24, 2.45) is 11.8 Å². The molecule has 52 heavy (non-hydrogen) atoms. The number of hydrogen-bond acceptors (Lipinski definition) is 9. The summed E-state index contributed by atoms with van der Waals surface area (Å²) < 4.78 is 12.9. The molecule has 2 N–H and O–H groups in total. The van der Waals surface area contributed by atoms with Crippen molar-refractivity contribution >= 4 is 34.8 Å². The van der Waals surface area contributed by atoms with Crippen LogP contribution in [0.5, 0.6) is 11.5 Å². The van der Waals surface area contributed by atoms with E-state index in [0.29, 0.717) is 44.0 Å². The van der Waals surface area contributed by atoms with Gasteiger partial charge in [-0.15, -0.1) is 0 Å². The number of ether oxygens (including phenoxy) is 2. The molecule has 2 aromatic carbocycles. The monoisotopic (exact) mass is 711 g/mol. The van der Waals surface area contributed by atoms with Crippen LogP contribution in [0.1, 0.15) is 112 Å². The lowest BCUT2D eigenvalue weighted by Crippen LogP contribution is -2.19. The summed E-state index contributed by atoms with van der Waals surface area (Å²) in [6, 6.07) is 15.8. The number of nitrogens with zero attached hydrogens (tertiary/aromatic N) is 5. The van der Waals surface area contributed by atoms with Crippen LogP contribution in [-0.2, 0) is 0 Å². The number of carboxylic acid groups (broad SMARTS) is 2. The Morgan fingerprint density at radius 2 is 1.23 bits per heavy atom. The number of carboxylic acids is 2. The Kier molecular flexibility index (Phi) is 14.0. The molecule has 11 heteroatoms.